The lowest BCUT2D eigenvalue weighted by Gasteiger charge is -2.31. The van der Waals surface area contributed by atoms with Crippen molar-refractivity contribution >= 4 is 15.9 Å². The van der Waals surface area contributed by atoms with Crippen molar-refractivity contribution in [2.75, 3.05) is 6.61 Å². The first kappa shape index (κ1) is 10.3. The van der Waals surface area contributed by atoms with E-state index in [2.05, 4.69) is 26.0 Å². The highest BCUT2D eigenvalue weighted by molar-refractivity contribution is 9.10. The van der Waals surface area contributed by atoms with Gasteiger partial charge in [0.25, 0.3) is 0 Å². The van der Waals surface area contributed by atoms with Crippen molar-refractivity contribution in [2.45, 2.75) is 18.9 Å². The fourth-order valence-corrected chi connectivity index (χ4v) is 2.10. The quantitative estimate of drug-likeness (QED) is 0.434. The molecule has 1 atom stereocenters. The van der Waals surface area contributed by atoms with Gasteiger partial charge in [0.2, 0.25) is 0 Å². The van der Waals surface area contributed by atoms with Crippen LogP contribution in [0.3, 0.4) is 0 Å². The fraction of sp³-hybridized carbons (Fsp3) is 0.400. The van der Waals surface area contributed by atoms with E-state index in [1.165, 1.54) is 0 Å². The van der Waals surface area contributed by atoms with Gasteiger partial charge in [-0.25, -0.2) is 0 Å². The van der Waals surface area contributed by atoms with Crippen LogP contribution in [0.1, 0.15) is 18.9 Å². The van der Waals surface area contributed by atoms with Gasteiger partial charge in [0.05, 0.1) is 12.1 Å². The molecule has 0 N–H and O–H groups in total. The summed E-state index contributed by atoms with van der Waals surface area (Å²) in [4.78, 5) is 2.91. The highest BCUT2D eigenvalue weighted by atomic mass is 79.9. The monoisotopic (exact) mass is 267 g/mol. The molecule has 1 aromatic carbocycles. The summed E-state index contributed by atoms with van der Waals surface area (Å²) in [5, 5.41) is 3.87. The molecule has 78 valence electrons. The number of hydrogen-bond donors (Lipinski definition) is 0. The highest BCUT2D eigenvalue weighted by Gasteiger charge is 2.32. The van der Waals surface area contributed by atoms with Crippen LogP contribution in [0.4, 0.5) is 0 Å². The molecule has 1 aliphatic rings. The summed E-state index contributed by atoms with van der Waals surface area (Å²) in [7, 11) is 0. The van der Waals surface area contributed by atoms with Crippen LogP contribution in [0.5, 0.6) is 5.75 Å². The lowest BCUT2D eigenvalue weighted by Crippen LogP contribution is -2.27. The van der Waals surface area contributed by atoms with E-state index < -0.39 is 5.54 Å². The summed E-state index contributed by atoms with van der Waals surface area (Å²) in [5.74, 6) is 0.797. The second-order valence-electron chi connectivity index (χ2n) is 3.70. The van der Waals surface area contributed by atoms with E-state index in [0.717, 1.165) is 15.8 Å². The molecule has 15 heavy (non-hydrogen) atoms. The van der Waals surface area contributed by atoms with Crippen molar-refractivity contribution in [3.63, 3.8) is 0 Å². The number of ether oxygens (including phenoxy) is 1. The van der Waals surface area contributed by atoms with Gasteiger partial charge < -0.3 is 4.74 Å². The normalized spacial score (nSPS) is 23.6. The lowest BCUT2D eigenvalue weighted by molar-refractivity contribution is 0.227. The molecule has 0 aliphatic carbocycles. The maximum atomic E-state index is 8.57. The molecule has 1 unspecified atom stereocenters. The number of halogens is 1. The maximum Gasteiger partial charge on any atom is 0.124 e. The van der Waals surface area contributed by atoms with Crippen LogP contribution < -0.4 is 4.74 Å². The smallest absolute Gasteiger partial charge is 0.124 e. The van der Waals surface area contributed by atoms with E-state index >= 15 is 0 Å². The second kappa shape index (κ2) is 3.76. The molecule has 1 aliphatic heterocycles. The van der Waals surface area contributed by atoms with Gasteiger partial charge in [0.1, 0.15) is 5.75 Å². The van der Waals surface area contributed by atoms with Gasteiger partial charge in [-0.2, -0.15) is 0 Å². The predicted molar refractivity (Wildman–Crippen MR) is 60.8 cm³/mol. The summed E-state index contributed by atoms with van der Waals surface area (Å²) >= 11 is 3.38. The standard InChI is InChI=1S/C10H10BrN3O/c1-10(13-14-12)4-5-15-9-6-7(11)2-3-8(9)10/h2-3,6H,4-5H2,1H3. The zero-order chi connectivity index (χ0) is 10.9. The third-order valence-corrected chi connectivity index (χ3v) is 3.13. The summed E-state index contributed by atoms with van der Waals surface area (Å²) in [6, 6.07) is 5.77. The van der Waals surface area contributed by atoms with Gasteiger partial charge in [-0.3, -0.25) is 0 Å². The lowest BCUT2D eigenvalue weighted by atomic mass is 9.87. The van der Waals surface area contributed by atoms with Crippen LogP contribution in [0.2, 0.25) is 0 Å². The van der Waals surface area contributed by atoms with Crippen molar-refractivity contribution in [2.24, 2.45) is 5.11 Å². The topological polar surface area (TPSA) is 58.0 Å². The molecule has 0 amide bonds. The zero-order valence-corrected chi connectivity index (χ0v) is 9.86. The molecular weight excluding hydrogens is 258 g/mol. The zero-order valence-electron chi connectivity index (χ0n) is 8.27. The van der Waals surface area contributed by atoms with Crippen LogP contribution in [0, 0.1) is 0 Å². The Morgan fingerprint density at radius 2 is 2.40 bits per heavy atom. The third kappa shape index (κ3) is 1.80. The predicted octanol–water partition coefficient (Wildman–Crippen LogP) is 3.76. The first-order valence-electron chi connectivity index (χ1n) is 4.65. The SMILES string of the molecule is CC1(N=[N+]=[N-])CCOc2cc(Br)ccc21. The van der Waals surface area contributed by atoms with Crippen molar-refractivity contribution in [3.05, 3.63) is 38.7 Å². The molecular formula is C10H10BrN3O. The van der Waals surface area contributed by atoms with E-state index in [9.17, 15) is 0 Å². The number of azide groups is 1. The third-order valence-electron chi connectivity index (χ3n) is 2.64. The number of fused-ring (bicyclic) bond motifs is 1. The Bertz CT molecular complexity index is 442. The van der Waals surface area contributed by atoms with Crippen LogP contribution in [0.15, 0.2) is 27.8 Å². The number of rotatable bonds is 1. The average molecular weight is 268 g/mol. The molecule has 2 rings (SSSR count). The van der Waals surface area contributed by atoms with Gasteiger partial charge in [0.15, 0.2) is 0 Å². The van der Waals surface area contributed by atoms with E-state index in [1.54, 1.807) is 0 Å². The average Bonchev–Trinajstić information content (AvgIpc) is 2.17. The minimum Gasteiger partial charge on any atom is -0.493 e. The Balaban J connectivity index is 2.56. The molecule has 0 saturated heterocycles. The van der Waals surface area contributed by atoms with E-state index in [4.69, 9.17) is 10.3 Å². The summed E-state index contributed by atoms with van der Waals surface area (Å²) < 4.78 is 6.50. The van der Waals surface area contributed by atoms with Crippen LogP contribution in [-0.2, 0) is 5.54 Å². The van der Waals surface area contributed by atoms with Crippen molar-refractivity contribution in [3.8, 4) is 5.75 Å². The highest BCUT2D eigenvalue weighted by Crippen LogP contribution is 2.40. The Hall–Kier alpha value is -1.19. The molecule has 0 spiro atoms. The van der Waals surface area contributed by atoms with E-state index in [1.807, 2.05) is 25.1 Å². The summed E-state index contributed by atoms with van der Waals surface area (Å²) in [5.41, 5.74) is 9.04. The van der Waals surface area contributed by atoms with Crippen LogP contribution >= 0.6 is 15.9 Å². The molecule has 5 heteroatoms. The Morgan fingerprint density at radius 1 is 1.60 bits per heavy atom. The van der Waals surface area contributed by atoms with E-state index in [0.29, 0.717) is 13.0 Å². The summed E-state index contributed by atoms with van der Waals surface area (Å²) in [6.45, 7) is 2.51. The van der Waals surface area contributed by atoms with Crippen LogP contribution in [-0.4, -0.2) is 6.61 Å². The molecule has 0 bridgehead atoms. The molecule has 0 saturated carbocycles. The van der Waals surface area contributed by atoms with Gasteiger partial charge in [-0.15, -0.1) is 0 Å². The molecule has 1 heterocycles. The molecule has 0 fully saturated rings. The van der Waals surface area contributed by atoms with Crippen molar-refractivity contribution in [1.82, 2.24) is 0 Å². The minimum atomic E-state index is -0.483. The minimum absolute atomic E-state index is 0.483. The first-order valence-corrected chi connectivity index (χ1v) is 5.44. The van der Waals surface area contributed by atoms with Gasteiger partial charge in [-0.1, -0.05) is 27.1 Å². The number of benzene rings is 1. The van der Waals surface area contributed by atoms with Gasteiger partial charge in [0, 0.05) is 14.9 Å². The van der Waals surface area contributed by atoms with Gasteiger partial charge in [-0.05, 0) is 31.0 Å². The largest absolute Gasteiger partial charge is 0.493 e. The number of nitrogens with zero attached hydrogens (tertiary/aromatic N) is 3. The summed E-state index contributed by atoms with van der Waals surface area (Å²) in [6.07, 6.45) is 0.714. The molecule has 1 aromatic rings. The van der Waals surface area contributed by atoms with Gasteiger partial charge >= 0.3 is 0 Å². The first-order chi connectivity index (χ1) is 7.15. The fourth-order valence-electron chi connectivity index (χ4n) is 1.76. The Kier molecular flexibility index (Phi) is 2.59. The van der Waals surface area contributed by atoms with Crippen molar-refractivity contribution in [1.29, 1.82) is 0 Å². The Morgan fingerprint density at radius 3 is 3.13 bits per heavy atom. The van der Waals surface area contributed by atoms with E-state index in [-0.39, 0.29) is 0 Å². The molecule has 0 radical (unpaired) electrons. The Labute approximate surface area is 96.0 Å². The van der Waals surface area contributed by atoms with Crippen molar-refractivity contribution < 1.29 is 4.74 Å². The van der Waals surface area contributed by atoms with Crippen LogP contribution in [0.25, 0.3) is 10.4 Å². The second-order valence-corrected chi connectivity index (χ2v) is 4.62. The molecule has 0 aromatic heterocycles. The number of hydrogen-bond acceptors (Lipinski definition) is 2. The molecule has 4 nitrogen and oxygen atoms in total. The maximum absolute atomic E-state index is 8.57.